The first kappa shape index (κ1) is 22.9. The number of aromatic nitrogens is 2. The number of methoxy groups -OCH3 is 1. The number of unbranched alkanes of at least 4 members (excludes halogenated alkanes) is 1. The molecule has 5 heteroatoms. The number of aryl methyl sites for hydroxylation is 1. The van der Waals surface area contributed by atoms with Gasteiger partial charge in [0.25, 0.3) is 0 Å². The molecule has 0 aliphatic rings. The fourth-order valence-electron chi connectivity index (χ4n) is 3.98. The number of benzene rings is 3. The Morgan fingerprint density at radius 1 is 0.970 bits per heavy atom. The van der Waals surface area contributed by atoms with Crippen LogP contribution in [-0.4, -0.2) is 23.3 Å². The zero-order valence-electron chi connectivity index (χ0n) is 19.1. The van der Waals surface area contributed by atoms with E-state index in [1.807, 2.05) is 61.5 Å². The molecule has 33 heavy (non-hydrogen) atoms. The molecule has 0 saturated carbocycles. The Balaban J connectivity index is 1.41. The lowest BCUT2D eigenvalue weighted by Gasteiger charge is -2.13. The molecule has 0 amide bonds. The van der Waals surface area contributed by atoms with Crippen LogP contribution in [-0.2, 0) is 13.0 Å². The van der Waals surface area contributed by atoms with Crippen molar-refractivity contribution in [3.8, 4) is 11.5 Å². The molecular weight excluding hydrogens is 432 g/mol. The van der Waals surface area contributed by atoms with Crippen molar-refractivity contribution >= 4 is 28.7 Å². The fraction of sp³-hybridized carbons (Fsp3) is 0.250. The maximum atomic E-state index is 6.41. The second-order valence-electron chi connectivity index (χ2n) is 7.90. The van der Waals surface area contributed by atoms with Gasteiger partial charge in [0.1, 0.15) is 5.82 Å². The van der Waals surface area contributed by atoms with Crippen molar-refractivity contribution in [3.05, 3.63) is 94.8 Å². The average molecular weight is 461 g/mol. The predicted molar refractivity (Wildman–Crippen MR) is 136 cm³/mol. The molecule has 0 N–H and O–H groups in total. The van der Waals surface area contributed by atoms with E-state index in [4.69, 9.17) is 26.1 Å². The predicted octanol–water partition coefficient (Wildman–Crippen LogP) is 7.18. The summed E-state index contributed by atoms with van der Waals surface area (Å²) in [5, 5.41) is 0.777. The Morgan fingerprint density at radius 3 is 2.61 bits per heavy atom. The highest BCUT2D eigenvalue weighted by atomic mass is 35.5. The van der Waals surface area contributed by atoms with Crippen molar-refractivity contribution in [1.29, 1.82) is 0 Å². The summed E-state index contributed by atoms with van der Waals surface area (Å²) in [6.07, 6.45) is 6.67. The third kappa shape index (κ3) is 5.58. The maximum Gasteiger partial charge on any atom is 0.161 e. The highest BCUT2D eigenvalue weighted by Crippen LogP contribution is 2.29. The summed E-state index contributed by atoms with van der Waals surface area (Å²) in [5.41, 5.74) is 4.36. The summed E-state index contributed by atoms with van der Waals surface area (Å²) in [6.45, 7) is 3.51. The number of para-hydroxylation sites is 2. The number of hydrogen-bond donors (Lipinski definition) is 0. The Morgan fingerprint density at radius 2 is 1.79 bits per heavy atom. The molecule has 4 rings (SSSR count). The first-order valence-corrected chi connectivity index (χ1v) is 11.7. The number of fused-ring (bicyclic) bond motifs is 1. The molecular formula is C28H29ClN2O2. The number of hydrogen-bond acceptors (Lipinski definition) is 3. The number of allylic oxidation sites excluding steroid dienone is 1. The van der Waals surface area contributed by atoms with Crippen LogP contribution in [0.1, 0.15) is 36.7 Å². The minimum absolute atomic E-state index is 0.631. The van der Waals surface area contributed by atoms with Crippen molar-refractivity contribution < 1.29 is 9.47 Å². The van der Waals surface area contributed by atoms with Gasteiger partial charge in [-0.25, -0.2) is 4.98 Å². The lowest BCUT2D eigenvalue weighted by Crippen LogP contribution is -2.07. The van der Waals surface area contributed by atoms with Crippen molar-refractivity contribution in [3.63, 3.8) is 0 Å². The molecule has 0 aliphatic heterocycles. The van der Waals surface area contributed by atoms with E-state index >= 15 is 0 Å². The first-order chi connectivity index (χ1) is 16.2. The summed E-state index contributed by atoms with van der Waals surface area (Å²) in [4.78, 5) is 4.89. The Kier molecular flexibility index (Phi) is 7.69. The van der Waals surface area contributed by atoms with Gasteiger partial charge in [0.05, 0.1) is 24.8 Å². The summed E-state index contributed by atoms with van der Waals surface area (Å²) in [5.74, 6) is 2.57. The van der Waals surface area contributed by atoms with E-state index in [1.165, 1.54) is 0 Å². The van der Waals surface area contributed by atoms with E-state index in [9.17, 15) is 0 Å². The average Bonchev–Trinajstić information content (AvgIpc) is 3.18. The summed E-state index contributed by atoms with van der Waals surface area (Å²) in [6, 6.07) is 22.3. The van der Waals surface area contributed by atoms with Crippen LogP contribution in [0.2, 0.25) is 5.02 Å². The Labute approximate surface area is 200 Å². The molecule has 0 radical (unpaired) electrons. The second kappa shape index (κ2) is 11.1. The Hall–Kier alpha value is -3.24. The third-order valence-corrected chi connectivity index (χ3v) is 5.99. The molecule has 0 atom stereocenters. The Bertz CT molecular complexity index is 1250. The lowest BCUT2D eigenvalue weighted by molar-refractivity contribution is 0.284. The molecule has 0 aliphatic carbocycles. The van der Waals surface area contributed by atoms with Gasteiger partial charge in [0.15, 0.2) is 11.5 Å². The molecule has 3 aromatic carbocycles. The smallest absolute Gasteiger partial charge is 0.161 e. The number of ether oxygens (including phenoxy) is 2. The first-order valence-electron chi connectivity index (χ1n) is 11.3. The zero-order chi connectivity index (χ0) is 23.0. The molecule has 0 spiro atoms. The highest BCUT2D eigenvalue weighted by Gasteiger charge is 2.12. The van der Waals surface area contributed by atoms with Gasteiger partial charge in [0, 0.05) is 18.0 Å². The van der Waals surface area contributed by atoms with Gasteiger partial charge in [-0.15, -0.1) is 0 Å². The number of rotatable bonds is 10. The summed E-state index contributed by atoms with van der Waals surface area (Å²) in [7, 11) is 1.67. The monoisotopic (exact) mass is 460 g/mol. The number of imidazole rings is 1. The highest BCUT2D eigenvalue weighted by molar-refractivity contribution is 6.31. The molecule has 0 saturated heterocycles. The topological polar surface area (TPSA) is 36.3 Å². The molecule has 1 aromatic heterocycles. The minimum atomic E-state index is 0.631. The van der Waals surface area contributed by atoms with Gasteiger partial charge in [-0.05, 0) is 61.2 Å². The summed E-state index contributed by atoms with van der Waals surface area (Å²) < 4.78 is 13.8. The quantitative estimate of drug-likeness (QED) is 0.235. The van der Waals surface area contributed by atoms with Crippen molar-refractivity contribution in [2.75, 3.05) is 13.7 Å². The molecule has 170 valence electrons. The zero-order valence-corrected chi connectivity index (χ0v) is 19.9. The van der Waals surface area contributed by atoms with Crippen LogP contribution in [0.5, 0.6) is 11.5 Å². The van der Waals surface area contributed by atoms with E-state index in [-0.39, 0.29) is 0 Å². The van der Waals surface area contributed by atoms with Crippen LogP contribution < -0.4 is 9.47 Å². The molecule has 1 heterocycles. The van der Waals surface area contributed by atoms with E-state index in [0.29, 0.717) is 13.0 Å². The van der Waals surface area contributed by atoms with Gasteiger partial charge >= 0.3 is 0 Å². The van der Waals surface area contributed by atoms with E-state index < -0.39 is 0 Å². The van der Waals surface area contributed by atoms with Crippen LogP contribution in [0.15, 0.2) is 72.8 Å². The van der Waals surface area contributed by atoms with Crippen LogP contribution in [0.3, 0.4) is 0 Å². The van der Waals surface area contributed by atoms with E-state index in [2.05, 4.69) is 28.8 Å². The normalized spacial score (nSPS) is 11.4. The lowest BCUT2D eigenvalue weighted by atomic mass is 10.1. The van der Waals surface area contributed by atoms with Crippen LogP contribution in [0, 0.1) is 0 Å². The van der Waals surface area contributed by atoms with Crippen molar-refractivity contribution in [2.45, 2.75) is 32.7 Å². The minimum Gasteiger partial charge on any atom is -0.493 e. The second-order valence-corrected chi connectivity index (χ2v) is 8.31. The number of halogens is 1. The van der Waals surface area contributed by atoms with E-state index in [1.54, 1.807) is 7.11 Å². The number of nitrogens with zero attached hydrogens (tertiary/aromatic N) is 2. The molecule has 4 nitrogen and oxygen atoms in total. The van der Waals surface area contributed by atoms with Crippen LogP contribution in [0.25, 0.3) is 17.1 Å². The van der Waals surface area contributed by atoms with Gasteiger partial charge in [-0.3, -0.25) is 0 Å². The molecule has 0 fully saturated rings. The molecule has 4 aromatic rings. The standard InChI is InChI=1S/C28H29ClN2O2/c1-3-10-21-15-16-26(27(19-21)32-2)33-18-9-8-17-31-25-14-7-6-13-24(25)30-28(31)20-22-11-4-5-12-23(22)29/h3-7,10-16,19H,8-9,17-18,20H2,1-2H3/b10-3+. The van der Waals surface area contributed by atoms with Gasteiger partial charge in [-0.2, -0.15) is 0 Å². The van der Waals surface area contributed by atoms with Crippen LogP contribution in [0.4, 0.5) is 0 Å². The van der Waals surface area contributed by atoms with E-state index in [0.717, 1.165) is 63.9 Å². The molecule has 0 bridgehead atoms. The SMILES string of the molecule is C/C=C/c1ccc(OCCCCn2c(Cc3ccccc3Cl)nc3ccccc32)c(OC)c1. The third-order valence-electron chi connectivity index (χ3n) is 5.62. The van der Waals surface area contributed by atoms with Crippen molar-refractivity contribution in [2.24, 2.45) is 0 Å². The van der Waals surface area contributed by atoms with Gasteiger partial charge < -0.3 is 14.0 Å². The fourth-order valence-corrected chi connectivity index (χ4v) is 4.18. The molecule has 0 unspecified atom stereocenters. The van der Waals surface area contributed by atoms with Gasteiger partial charge in [0.2, 0.25) is 0 Å². The maximum absolute atomic E-state index is 6.41. The summed E-state index contributed by atoms with van der Waals surface area (Å²) >= 11 is 6.41. The van der Waals surface area contributed by atoms with Gasteiger partial charge in [-0.1, -0.05) is 60.2 Å². The largest absolute Gasteiger partial charge is 0.493 e. The van der Waals surface area contributed by atoms with Crippen molar-refractivity contribution in [1.82, 2.24) is 9.55 Å². The van der Waals surface area contributed by atoms with Crippen LogP contribution >= 0.6 is 11.6 Å².